The SMILES string of the molecule is C#CCOc1ccc2ccccc2c1/C=N/NC(=O)c1cc([N+](=O)[O-])ccc1O. The van der Waals surface area contributed by atoms with Crippen LogP contribution in [-0.4, -0.2) is 28.8 Å². The van der Waals surface area contributed by atoms with E-state index in [0.717, 1.165) is 29.0 Å². The van der Waals surface area contributed by atoms with Crippen molar-refractivity contribution in [1.82, 2.24) is 5.43 Å². The Kier molecular flexibility index (Phi) is 5.71. The number of nitro groups is 1. The fraction of sp³-hybridized carbons (Fsp3) is 0.0476. The van der Waals surface area contributed by atoms with E-state index in [4.69, 9.17) is 11.2 Å². The smallest absolute Gasteiger partial charge is 0.275 e. The van der Waals surface area contributed by atoms with Crippen molar-refractivity contribution in [3.8, 4) is 23.8 Å². The molecule has 3 rings (SSSR count). The molecular formula is C21H15N3O5. The Labute approximate surface area is 165 Å². The maximum absolute atomic E-state index is 12.3. The van der Waals surface area contributed by atoms with E-state index < -0.39 is 16.6 Å². The lowest BCUT2D eigenvalue weighted by molar-refractivity contribution is -0.384. The van der Waals surface area contributed by atoms with Crippen LogP contribution < -0.4 is 10.2 Å². The summed E-state index contributed by atoms with van der Waals surface area (Å²) in [6.07, 6.45) is 6.64. The van der Waals surface area contributed by atoms with Gasteiger partial charge in [0.15, 0.2) is 0 Å². The van der Waals surface area contributed by atoms with Gasteiger partial charge in [-0.2, -0.15) is 5.10 Å². The van der Waals surface area contributed by atoms with E-state index in [1.807, 2.05) is 30.3 Å². The Morgan fingerprint density at radius 3 is 2.83 bits per heavy atom. The second-order valence-electron chi connectivity index (χ2n) is 5.85. The van der Waals surface area contributed by atoms with Crippen molar-refractivity contribution in [3.63, 3.8) is 0 Å². The molecule has 0 aliphatic carbocycles. The number of benzene rings is 3. The molecule has 0 saturated heterocycles. The number of carbonyl (C=O) groups is 1. The van der Waals surface area contributed by atoms with Crippen molar-refractivity contribution in [2.75, 3.05) is 6.61 Å². The summed E-state index contributed by atoms with van der Waals surface area (Å²) in [6.45, 7) is 0.0626. The molecule has 0 aromatic heterocycles. The first-order valence-corrected chi connectivity index (χ1v) is 8.40. The largest absolute Gasteiger partial charge is 0.507 e. The van der Waals surface area contributed by atoms with Crippen LogP contribution >= 0.6 is 0 Å². The van der Waals surface area contributed by atoms with Gasteiger partial charge in [-0.1, -0.05) is 36.3 Å². The second kappa shape index (κ2) is 8.54. The molecular weight excluding hydrogens is 374 g/mol. The molecule has 0 heterocycles. The molecule has 0 aliphatic heterocycles. The highest BCUT2D eigenvalue weighted by molar-refractivity contribution is 6.03. The molecule has 0 fully saturated rings. The van der Waals surface area contributed by atoms with Gasteiger partial charge in [0.05, 0.1) is 16.7 Å². The lowest BCUT2D eigenvalue weighted by Crippen LogP contribution is -2.18. The second-order valence-corrected chi connectivity index (χ2v) is 5.85. The van der Waals surface area contributed by atoms with Crippen LogP contribution in [0.3, 0.4) is 0 Å². The van der Waals surface area contributed by atoms with E-state index in [0.29, 0.717) is 11.3 Å². The van der Waals surface area contributed by atoms with Crippen molar-refractivity contribution in [2.24, 2.45) is 5.10 Å². The fourth-order valence-corrected chi connectivity index (χ4v) is 2.69. The molecule has 3 aromatic carbocycles. The highest BCUT2D eigenvalue weighted by Gasteiger charge is 2.16. The number of hydrogen-bond donors (Lipinski definition) is 2. The van der Waals surface area contributed by atoms with Crippen LogP contribution in [0.1, 0.15) is 15.9 Å². The molecule has 0 saturated carbocycles. The number of fused-ring (bicyclic) bond motifs is 1. The van der Waals surface area contributed by atoms with Gasteiger partial charge >= 0.3 is 0 Å². The van der Waals surface area contributed by atoms with E-state index in [2.05, 4.69) is 16.4 Å². The number of phenols is 1. The van der Waals surface area contributed by atoms with Gasteiger partial charge < -0.3 is 9.84 Å². The summed E-state index contributed by atoms with van der Waals surface area (Å²) >= 11 is 0. The van der Waals surface area contributed by atoms with Gasteiger partial charge in [-0.25, -0.2) is 5.43 Å². The molecule has 8 nitrogen and oxygen atoms in total. The van der Waals surface area contributed by atoms with Crippen LogP contribution in [0.25, 0.3) is 10.8 Å². The van der Waals surface area contributed by atoms with Crippen LogP contribution in [0.4, 0.5) is 5.69 Å². The number of terminal acetylenes is 1. The summed E-state index contributed by atoms with van der Waals surface area (Å²) in [5.74, 6) is 1.68. The predicted molar refractivity (Wildman–Crippen MR) is 108 cm³/mol. The van der Waals surface area contributed by atoms with Gasteiger partial charge in [-0.3, -0.25) is 14.9 Å². The number of phenolic OH excluding ortho intramolecular Hbond substituents is 1. The van der Waals surface area contributed by atoms with Crippen molar-refractivity contribution < 1.29 is 19.6 Å². The first-order chi connectivity index (χ1) is 14.0. The standard InChI is InChI=1S/C21H15N3O5/c1-2-11-29-20-10-7-14-5-3-4-6-16(14)18(20)13-22-23-21(26)17-12-15(24(27)28)8-9-19(17)25/h1,3-10,12-13,25H,11H2,(H,23,26)/b22-13+. The molecule has 1 amide bonds. The quantitative estimate of drug-likeness (QED) is 0.291. The summed E-state index contributed by atoms with van der Waals surface area (Å²) < 4.78 is 5.54. The number of non-ortho nitro benzene ring substituents is 1. The molecule has 0 atom stereocenters. The number of carbonyl (C=O) groups excluding carboxylic acids is 1. The maximum atomic E-state index is 12.3. The number of nitrogens with zero attached hydrogens (tertiary/aromatic N) is 2. The Hall–Kier alpha value is -4.38. The Morgan fingerprint density at radius 1 is 1.28 bits per heavy atom. The first-order valence-electron chi connectivity index (χ1n) is 8.40. The van der Waals surface area contributed by atoms with Gasteiger partial charge in [-0.15, -0.1) is 6.42 Å². The van der Waals surface area contributed by atoms with E-state index in [1.54, 1.807) is 6.07 Å². The molecule has 0 bridgehead atoms. The number of nitrogens with one attached hydrogen (secondary N) is 1. The average molecular weight is 389 g/mol. The Bertz CT molecular complexity index is 1160. The normalized spacial score (nSPS) is 10.6. The molecule has 3 aromatic rings. The summed E-state index contributed by atoms with van der Waals surface area (Å²) in [7, 11) is 0. The predicted octanol–water partition coefficient (Wildman–Crippen LogP) is 3.23. The molecule has 0 unspecified atom stereocenters. The Balaban J connectivity index is 1.89. The van der Waals surface area contributed by atoms with Crippen LogP contribution in [0.15, 0.2) is 59.7 Å². The summed E-state index contributed by atoms with van der Waals surface area (Å²) in [4.78, 5) is 22.5. The average Bonchev–Trinajstić information content (AvgIpc) is 2.72. The number of amides is 1. The van der Waals surface area contributed by atoms with E-state index in [1.165, 1.54) is 6.21 Å². The number of nitro benzene ring substituents is 1. The third kappa shape index (κ3) is 4.31. The minimum Gasteiger partial charge on any atom is -0.507 e. The molecule has 0 aliphatic rings. The van der Waals surface area contributed by atoms with Crippen LogP contribution in [-0.2, 0) is 0 Å². The third-order valence-corrected chi connectivity index (χ3v) is 4.04. The molecule has 0 radical (unpaired) electrons. The summed E-state index contributed by atoms with van der Waals surface area (Å²) in [5, 5.41) is 26.4. The molecule has 29 heavy (non-hydrogen) atoms. The zero-order valence-corrected chi connectivity index (χ0v) is 15.0. The van der Waals surface area contributed by atoms with Gasteiger partial charge in [0.1, 0.15) is 18.1 Å². The minimum atomic E-state index is -0.797. The number of aromatic hydroxyl groups is 1. The van der Waals surface area contributed by atoms with Crippen molar-refractivity contribution >= 4 is 28.6 Å². The number of hydrogen-bond acceptors (Lipinski definition) is 6. The lowest BCUT2D eigenvalue weighted by atomic mass is 10.0. The minimum absolute atomic E-state index is 0.0626. The third-order valence-electron chi connectivity index (χ3n) is 4.04. The van der Waals surface area contributed by atoms with Crippen molar-refractivity contribution in [3.05, 3.63) is 75.8 Å². The zero-order valence-electron chi connectivity index (χ0n) is 15.0. The number of hydrazone groups is 1. The van der Waals surface area contributed by atoms with Crippen molar-refractivity contribution in [2.45, 2.75) is 0 Å². The zero-order chi connectivity index (χ0) is 20.8. The van der Waals surface area contributed by atoms with E-state index in [-0.39, 0.29) is 17.9 Å². The topological polar surface area (TPSA) is 114 Å². The van der Waals surface area contributed by atoms with E-state index in [9.17, 15) is 20.0 Å². The van der Waals surface area contributed by atoms with Crippen LogP contribution in [0.5, 0.6) is 11.5 Å². The van der Waals surface area contributed by atoms with E-state index >= 15 is 0 Å². The summed E-state index contributed by atoms with van der Waals surface area (Å²) in [5.41, 5.74) is 2.26. The van der Waals surface area contributed by atoms with Gasteiger partial charge in [0, 0.05) is 17.7 Å². The number of ether oxygens (including phenoxy) is 1. The molecule has 8 heteroatoms. The summed E-state index contributed by atoms with van der Waals surface area (Å²) in [6, 6.07) is 14.3. The van der Waals surface area contributed by atoms with Gasteiger partial charge in [0.25, 0.3) is 11.6 Å². The van der Waals surface area contributed by atoms with Crippen molar-refractivity contribution in [1.29, 1.82) is 0 Å². The maximum Gasteiger partial charge on any atom is 0.275 e. The first kappa shape index (κ1) is 19.4. The fourth-order valence-electron chi connectivity index (χ4n) is 2.69. The highest BCUT2D eigenvalue weighted by atomic mass is 16.6. The van der Waals surface area contributed by atoms with Crippen LogP contribution in [0.2, 0.25) is 0 Å². The van der Waals surface area contributed by atoms with Gasteiger partial charge in [0.2, 0.25) is 0 Å². The Morgan fingerprint density at radius 2 is 2.07 bits per heavy atom. The lowest BCUT2D eigenvalue weighted by Gasteiger charge is -2.10. The van der Waals surface area contributed by atoms with Crippen LogP contribution in [0, 0.1) is 22.5 Å². The molecule has 0 spiro atoms. The number of rotatable bonds is 6. The monoisotopic (exact) mass is 389 g/mol. The van der Waals surface area contributed by atoms with Gasteiger partial charge in [-0.05, 0) is 22.9 Å². The molecule has 144 valence electrons. The highest BCUT2D eigenvalue weighted by Crippen LogP contribution is 2.27. The molecule has 2 N–H and O–H groups in total.